The molecule has 3 heterocycles. The number of anilines is 1. The van der Waals surface area contributed by atoms with Crippen LogP contribution in [0.25, 0.3) is 11.2 Å². The molecule has 1 saturated heterocycles. The first-order valence-corrected chi connectivity index (χ1v) is 9.42. The molecule has 0 bridgehead atoms. The quantitative estimate of drug-likeness (QED) is 0.810. The molecule has 0 amide bonds. The molecule has 1 unspecified atom stereocenters. The minimum absolute atomic E-state index is 0.0754. The lowest BCUT2D eigenvalue weighted by Gasteiger charge is -2.34. The van der Waals surface area contributed by atoms with Crippen molar-refractivity contribution < 1.29 is 18.3 Å². The lowest BCUT2D eigenvalue weighted by atomic mass is 9.97. The van der Waals surface area contributed by atoms with E-state index in [4.69, 9.17) is 19.5 Å². The Morgan fingerprint density at radius 3 is 2.79 bits per heavy atom. The van der Waals surface area contributed by atoms with Crippen LogP contribution in [0.5, 0.6) is 0 Å². The maximum absolute atomic E-state index is 12.5. The average molecular weight is 355 g/mol. The fourth-order valence-corrected chi connectivity index (χ4v) is 4.03. The van der Waals surface area contributed by atoms with Crippen LogP contribution in [0.3, 0.4) is 0 Å². The van der Waals surface area contributed by atoms with Crippen molar-refractivity contribution in [3.05, 3.63) is 12.7 Å². The van der Waals surface area contributed by atoms with Gasteiger partial charge in [-0.3, -0.25) is 4.57 Å². The number of hydrogen-bond acceptors (Lipinski definition) is 8. The number of ether oxygens (including phenoxy) is 1. The number of nitrogens with two attached hydrogens (primary N) is 1. The van der Waals surface area contributed by atoms with Crippen molar-refractivity contribution in [1.29, 1.82) is 0 Å². The van der Waals surface area contributed by atoms with E-state index in [2.05, 4.69) is 15.0 Å². The second kappa shape index (κ2) is 6.40. The molecule has 10 heteroatoms. The normalized spacial score (nSPS) is 21.0. The van der Waals surface area contributed by atoms with Crippen LogP contribution in [0, 0.1) is 5.41 Å². The fraction of sp³-hybridized carbons (Fsp3) is 0.643. The van der Waals surface area contributed by atoms with Gasteiger partial charge in [0.15, 0.2) is 11.5 Å². The Bertz CT molecular complexity index is 764. The van der Waals surface area contributed by atoms with E-state index in [1.165, 1.54) is 6.33 Å². The SMILES string of the molecule is CC(Cn1cnc2c(N)ncnc21)OCP1(=O)OCC(C)(C)CO1. The topological polar surface area (TPSA) is 114 Å². The van der Waals surface area contributed by atoms with E-state index in [0.29, 0.717) is 36.7 Å². The van der Waals surface area contributed by atoms with Crippen LogP contribution in [-0.2, 0) is 24.9 Å². The molecular weight excluding hydrogens is 333 g/mol. The Morgan fingerprint density at radius 2 is 2.08 bits per heavy atom. The van der Waals surface area contributed by atoms with Gasteiger partial charge in [0.2, 0.25) is 0 Å². The molecule has 0 spiro atoms. The molecule has 3 rings (SSSR count). The summed E-state index contributed by atoms with van der Waals surface area (Å²) in [7, 11) is -3.19. The van der Waals surface area contributed by atoms with Gasteiger partial charge in [0, 0.05) is 5.41 Å². The zero-order valence-electron chi connectivity index (χ0n) is 14.0. The molecule has 1 aliphatic rings. The molecule has 1 fully saturated rings. The molecule has 2 N–H and O–H groups in total. The average Bonchev–Trinajstić information content (AvgIpc) is 2.94. The van der Waals surface area contributed by atoms with Crippen LogP contribution in [0.1, 0.15) is 20.8 Å². The van der Waals surface area contributed by atoms with Gasteiger partial charge in [0.25, 0.3) is 0 Å². The standard InChI is InChI=1S/C14H22N5O4P/c1-10(21-9-24(20)22-5-14(2,3)6-23-24)4-19-8-18-11-12(15)16-7-17-13(11)19/h7-8,10H,4-6,9H2,1-3H3,(H2,15,16,17). The van der Waals surface area contributed by atoms with Crippen LogP contribution < -0.4 is 5.73 Å². The number of nitrogen functional groups attached to an aromatic ring is 1. The monoisotopic (exact) mass is 355 g/mol. The summed E-state index contributed by atoms with van der Waals surface area (Å²) in [5, 5.41) is 0. The molecule has 2 aromatic heterocycles. The smallest absolute Gasteiger partial charge is 0.356 e. The van der Waals surface area contributed by atoms with E-state index in [9.17, 15) is 4.57 Å². The largest absolute Gasteiger partial charge is 0.382 e. The zero-order valence-corrected chi connectivity index (χ0v) is 14.9. The molecule has 24 heavy (non-hydrogen) atoms. The predicted molar refractivity (Wildman–Crippen MR) is 88.4 cm³/mol. The van der Waals surface area contributed by atoms with Gasteiger partial charge in [0.1, 0.15) is 18.2 Å². The summed E-state index contributed by atoms with van der Waals surface area (Å²) < 4.78 is 30.8. The van der Waals surface area contributed by atoms with Crippen LogP contribution in [0.4, 0.5) is 5.82 Å². The molecule has 2 aromatic rings. The Hall–Kier alpha value is -1.54. The van der Waals surface area contributed by atoms with Gasteiger partial charge < -0.3 is 24.1 Å². The maximum atomic E-state index is 12.5. The molecule has 0 aliphatic carbocycles. The highest BCUT2D eigenvalue weighted by atomic mass is 31.2. The molecule has 1 atom stereocenters. The summed E-state index contributed by atoms with van der Waals surface area (Å²) in [5.41, 5.74) is 6.83. The van der Waals surface area contributed by atoms with Gasteiger partial charge in [-0.2, -0.15) is 0 Å². The van der Waals surface area contributed by atoms with E-state index >= 15 is 0 Å². The number of rotatable bonds is 5. The highest BCUT2D eigenvalue weighted by Crippen LogP contribution is 2.53. The van der Waals surface area contributed by atoms with Gasteiger partial charge in [-0.15, -0.1) is 0 Å². The van der Waals surface area contributed by atoms with Crippen molar-refractivity contribution >= 4 is 24.6 Å². The van der Waals surface area contributed by atoms with Gasteiger partial charge in [-0.05, 0) is 6.92 Å². The second-order valence-corrected chi connectivity index (χ2v) is 8.75. The van der Waals surface area contributed by atoms with Crippen molar-refractivity contribution in [2.75, 3.05) is 25.3 Å². The van der Waals surface area contributed by atoms with Crippen molar-refractivity contribution in [2.45, 2.75) is 33.4 Å². The van der Waals surface area contributed by atoms with Crippen molar-refractivity contribution in [3.8, 4) is 0 Å². The number of nitrogens with zero attached hydrogens (tertiary/aromatic N) is 4. The third-order valence-corrected chi connectivity index (χ3v) is 5.21. The summed E-state index contributed by atoms with van der Waals surface area (Å²) in [6, 6.07) is 0. The minimum Gasteiger partial charge on any atom is -0.382 e. The fourth-order valence-electron chi connectivity index (χ4n) is 2.28. The summed E-state index contributed by atoms with van der Waals surface area (Å²) in [4.78, 5) is 12.3. The molecule has 0 radical (unpaired) electrons. The highest BCUT2D eigenvalue weighted by molar-refractivity contribution is 7.53. The summed E-state index contributed by atoms with van der Waals surface area (Å²) in [6.07, 6.45) is 2.72. The van der Waals surface area contributed by atoms with Gasteiger partial charge in [0.05, 0.1) is 32.2 Å². The maximum Gasteiger partial charge on any atom is 0.356 e. The van der Waals surface area contributed by atoms with Crippen LogP contribution in [0.2, 0.25) is 0 Å². The van der Waals surface area contributed by atoms with Crippen LogP contribution in [0.15, 0.2) is 12.7 Å². The second-order valence-electron chi connectivity index (χ2n) is 6.76. The lowest BCUT2D eigenvalue weighted by Crippen LogP contribution is -2.30. The molecule has 1 aliphatic heterocycles. The number of hydrogen-bond donors (Lipinski definition) is 1. The minimum atomic E-state index is -3.19. The zero-order chi connectivity index (χ0) is 17.4. The Morgan fingerprint density at radius 1 is 1.38 bits per heavy atom. The Labute approximate surface area is 140 Å². The summed E-state index contributed by atoms with van der Waals surface area (Å²) in [6.45, 7) is 7.14. The van der Waals surface area contributed by atoms with Crippen molar-refractivity contribution in [3.63, 3.8) is 0 Å². The van der Waals surface area contributed by atoms with Crippen LogP contribution in [-0.4, -0.2) is 45.2 Å². The first-order valence-electron chi connectivity index (χ1n) is 7.69. The lowest BCUT2D eigenvalue weighted by molar-refractivity contribution is 0.0138. The Kier molecular flexibility index (Phi) is 4.61. The Balaban J connectivity index is 1.59. The van der Waals surface area contributed by atoms with E-state index in [0.717, 1.165) is 0 Å². The van der Waals surface area contributed by atoms with Gasteiger partial charge in [-0.1, -0.05) is 13.8 Å². The third kappa shape index (κ3) is 3.75. The molecule has 0 saturated carbocycles. The molecule has 132 valence electrons. The first-order chi connectivity index (χ1) is 11.3. The van der Waals surface area contributed by atoms with E-state index in [1.807, 2.05) is 25.3 Å². The molecule has 0 aromatic carbocycles. The van der Waals surface area contributed by atoms with E-state index in [-0.39, 0.29) is 17.9 Å². The molecule has 9 nitrogen and oxygen atoms in total. The number of fused-ring (bicyclic) bond motifs is 1. The van der Waals surface area contributed by atoms with Gasteiger partial charge >= 0.3 is 7.60 Å². The van der Waals surface area contributed by atoms with Gasteiger partial charge in [-0.25, -0.2) is 15.0 Å². The van der Waals surface area contributed by atoms with E-state index in [1.54, 1.807) is 6.33 Å². The first kappa shape index (κ1) is 17.3. The molecular formula is C14H22N5O4P. The summed E-state index contributed by atoms with van der Waals surface area (Å²) >= 11 is 0. The predicted octanol–water partition coefficient (Wildman–Crippen LogP) is 2.04. The van der Waals surface area contributed by atoms with E-state index < -0.39 is 7.60 Å². The third-order valence-electron chi connectivity index (χ3n) is 3.70. The highest BCUT2D eigenvalue weighted by Gasteiger charge is 2.37. The van der Waals surface area contributed by atoms with Crippen molar-refractivity contribution in [1.82, 2.24) is 19.5 Å². The van der Waals surface area contributed by atoms with Crippen LogP contribution >= 0.6 is 7.60 Å². The number of imidazole rings is 1. The summed E-state index contributed by atoms with van der Waals surface area (Å²) in [5.74, 6) is 0.336. The number of aromatic nitrogens is 4. The van der Waals surface area contributed by atoms with Crippen molar-refractivity contribution in [2.24, 2.45) is 5.41 Å².